The molecular formula is C16H17N5O3S. The number of hydrogen-bond donors (Lipinski definition) is 2. The van der Waals surface area contributed by atoms with Gasteiger partial charge in [-0.25, -0.2) is 13.1 Å². The fraction of sp³-hybridized carbons (Fsp3) is 0.188. The van der Waals surface area contributed by atoms with Gasteiger partial charge in [-0.2, -0.15) is 0 Å². The van der Waals surface area contributed by atoms with Crippen LogP contribution in [0.3, 0.4) is 0 Å². The summed E-state index contributed by atoms with van der Waals surface area (Å²) in [6, 6.07) is 11.6. The Labute approximate surface area is 144 Å². The predicted molar refractivity (Wildman–Crippen MR) is 96.1 cm³/mol. The first-order chi connectivity index (χ1) is 11.9. The van der Waals surface area contributed by atoms with E-state index in [1.165, 1.54) is 0 Å². The number of nitrogens with zero attached hydrogens (tertiary/aromatic N) is 3. The normalized spacial score (nSPS) is 11.4. The summed E-state index contributed by atoms with van der Waals surface area (Å²) < 4.78 is 26.5. The minimum absolute atomic E-state index is 0.281. The Hall–Kier alpha value is -2.94. The smallest absolute Gasteiger partial charge is 0.255 e. The summed E-state index contributed by atoms with van der Waals surface area (Å²) in [5.41, 5.74) is 2.98. The second-order valence-corrected chi connectivity index (χ2v) is 7.26. The summed E-state index contributed by atoms with van der Waals surface area (Å²) in [5, 5.41) is 10.8. The lowest BCUT2D eigenvalue weighted by molar-refractivity contribution is 0.102. The molecule has 0 aliphatic heterocycles. The maximum absolute atomic E-state index is 12.4. The maximum atomic E-state index is 12.4. The molecule has 0 atom stereocenters. The summed E-state index contributed by atoms with van der Waals surface area (Å²) in [5.74, 6) is -0.281. The molecule has 0 aliphatic rings. The number of nitrogens with one attached hydrogen (secondary N) is 2. The topological polar surface area (TPSA) is 106 Å². The molecule has 0 unspecified atom stereocenters. The molecule has 2 N–H and O–H groups in total. The van der Waals surface area contributed by atoms with Crippen LogP contribution in [0.1, 0.15) is 17.3 Å². The van der Waals surface area contributed by atoms with Crippen molar-refractivity contribution in [2.45, 2.75) is 13.5 Å². The van der Waals surface area contributed by atoms with Gasteiger partial charge in [-0.1, -0.05) is 5.21 Å². The van der Waals surface area contributed by atoms with E-state index in [0.717, 1.165) is 11.8 Å². The van der Waals surface area contributed by atoms with Gasteiger partial charge < -0.3 is 5.32 Å². The largest absolute Gasteiger partial charge is 0.322 e. The van der Waals surface area contributed by atoms with Crippen molar-refractivity contribution in [3.8, 4) is 0 Å². The standard InChI is InChI=1S/C16H17N5O3S/c1-3-21-15-9-4-11(10-14(15)18-20-21)16(22)17-12-5-7-13(8-6-12)19-25(2,23)24/h4-10,19H,3H2,1-2H3,(H,17,22). The summed E-state index contributed by atoms with van der Waals surface area (Å²) in [6.07, 6.45) is 1.08. The van der Waals surface area contributed by atoms with E-state index in [2.05, 4.69) is 20.4 Å². The lowest BCUT2D eigenvalue weighted by Gasteiger charge is -2.07. The van der Waals surface area contributed by atoms with E-state index in [9.17, 15) is 13.2 Å². The van der Waals surface area contributed by atoms with Gasteiger partial charge in [0, 0.05) is 23.5 Å². The van der Waals surface area contributed by atoms with Gasteiger partial charge in [0.15, 0.2) is 0 Å². The number of carbonyl (C=O) groups is 1. The highest BCUT2D eigenvalue weighted by Crippen LogP contribution is 2.17. The fourth-order valence-corrected chi connectivity index (χ4v) is 2.95. The summed E-state index contributed by atoms with van der Waals surface area (Å²) in [4.78, 5) is 12.4. The molecule has 0 radical (unpaired) electrons. The summed E-state index contributed by atoms with van der Waals surface area (Å²) in [6.45, 7) is 2.67. The van der Waals surface area contributed by atoms with Crippen LogP contribution in [-0.4, -0.2) is 35.6 Å². The lowest BCUT2D eigenvalue weighted by atomic mass is 10.1. The number of fused-ring (bicyclic) bond motifs is 1. The van der Waals surface area contributed by atoms with Gasteiger partial charge in [0.1, 0.15) is 5.52 Å². The number of benzene rings is 2. The molecule has 9 heteroatoms. The van der Waals surface area contributed by atoms with Crippen molar-refractivity contribution in [2.75, 3.05) is 16.3 Å². The Morgan fingerprint density at radius 1 is 1.12 bits per heavy atom. The number of sulfonamides is 1. The zero-order chi connectivity index (χ0) is 18.0. The van der Waals surface area contributed by atoms with Crippen LogP contribution < -0.4 is 10.0 Å². The molecule has 0 bridgehead atoms. The first-order valence-corrected chi connectivity index (χ1v) is 9.47. The molecule has 3 rings (SSSR count). The lowest BCUT2D eigenvalue weighted by Crippen LogP contribution is -2.12. The molecule has 0 saturated carbocycles. The van der Waals surface area contributed by atoms with E-state index in [4.69, 9.17) is 0 Å². The Kier molecular flexibility index (Phi) is 4.41. The third kappa shape index (κ3) is 3.94. The van der Waals surface area contributed by atoms with Crippen molar-refractivity contribution >= 4 is 38.3 Å². The number of hydrogen-bond acceptors (Lipinski definition) is 5. The quantitative estimate of drug-likeness (QED) is 0.725. The highest BCUT2D eigenvalue weighted by molar-refractivity contribution is 7.92. The molecule has 1 amide bonds. The zero-order valence-electron chi connectivity index (χ0n) is 13.7. The Balaban J connectivity index is 1.75. The molecule has 1 heterocycles. The minimum Gasteiger partial charge on any atom is -0.322 e. The van der Waals surface area contributed by atoms with Crippen LogP contribution in [0.4, 0.5) is 11.4 Å². The van der Waals surface area contributed by atoms with Crippen LogP contribution in [0.2, 0.25) is 0 Å². The number of rotatable bonds is 5. The second-order valence-electron chi connectivity index (χ2n) is 5.51. The number of aromatic nitrogens is 3. The minimum atomic E-state index is -3.33. The van der Waals surface area contributed by atoms with Crippen LogP contribution >= 0.6 is 0 Å². The molecule has 1 aromatic heterocycles. The Bertz CT molecular complexity index is 1030. The van der Waals surface area contributed by atoms with E-state index in [0.29, 0.717) is 29.0 Å². The Morgan fingerprint density at radius 3 is 2.44 bits per heavy atom. The summed E-state index contributed by atoms with van der Waals surface area (Å²) >= 11 is 0. The molecule has 8 nitrogen and oxygen atoms in total. The van der Waals surface area contributed by atoms with E-state index < -0.39 is 10.0 Å². The van der Waals surface area contributed by atoms with Crippen LogP contribution in [0, 0.1) is 0 Å². The maximum Gasteiger partial charge on any atom is 0.255 e. The molecule has 0 aliphatic carbocycles. The predicted octanol–water partition coefficient (Wildman–Crippen LogP) is 2.08. The van der Waals surface area contributed by atoms with Gasteiger partial charge in [0.2, 0.25) is 10.0 Å². The van der Waals surface area contributed by atoms with Crippen LogP contribution in [-0.2, 0) is 16.6 Å². The fourth-order valence-electron chi connectivity index (χ4n) is 2.39. The van der Waals surface area contributed by atoms with Gasteiger partial charge in [-0.15, -0.1) is 5.10 Å². The number of aryl methyl sites for hydroxylation is 1. The third-order valence-electron chi connectivity index (χ3n) is 3.52. The number of anilines is 2. The van der Waals surface area contributed by atoms with Crippen LogP contribution in [0.25, 0.3) is 11.0 Å². The van der Waals surface area contributed by atoms with Crippen molar-refractivity contribution in [1.82, 2.24) is 15.0 Å². The van der Waals surface area contributed by atoms with Crippen molar-refractivity contribution in [1.29, 1.82) is 0 Å². The van der Waals surface area contributed by atoms with E-state index in [1.54, 1.807) is 41.1 Å². The average molecular weight is 359 g/mol. The first-order valence-electron chi connectivity index (χ1n) is 7.58. The van der Waals surface area contributed by atoms with Gasteiger partial charge >= 0.3 is 0 Å². The van der Waals surface area contributed by atoms with Gasteiger partial charge in [0.25, 0.3) is 5.91 Å². The zero-order valence-corrected chi connectivity index (χ0v) is 14.5. The van der Waals surface area contributed by atoms with Crippen molar-refractivity contribution < 1.29 is 13.2 Å². The SMILES string of the molecule is CCn1nnc2cc(C(=O)Nc3ccc(NS(C)(=O)=O)cc3)ccc21. The van der Waals surface area contributed by atoms with Crippen molar-refractivity contribution in [3.05, 3.63) is 48.0 Å². The Morgan fingerprint density at radius 2 is 1.80 bits per heavy atom. The first kappa shape index (κ1) is 16.9. The third-order valence-corrected chi connectivity index (χ3v) is 4.13. The second kappa shape index (κ2) is 6.52. The summed E-state index contributed by atoms with van der Waals surface area (Å²) in [7, 11) is -3.33. The molecule has 0 fully saturated rings. The van der Waals surface area contributed by atoms with Crippen LogP contribution in [0.15, 0.2) is 42.5 Å². The number of carbonyl (C=O) groups excluding carboxylic acids is 1. The highest BCUT2D eigenvalue weighted by Gasteiger charge is 2.10. The highest BCUT2D eigenvalue weighted by atomic mass is 32.2. The molecule has 0 saturated heterocycles. The molecule has 25 heavy (non-hydrogen) atoms. The average Bonchev–Trinajstić information content (AvgIpc) is 2.97. The van der Waals surface area contributed by atoms with E-state index in [1.807, 2.05) is 13.0 Å². The van der Waals surface area contributed by atoms with Crippen LogP contribution in [0.5, 0.6) is 0 Å². The van der Waals surface area contributed by atoms with Gasteiger partial charge in [-0.3, -0.25) is 9.52 Å². The molecular weight excluding hydrogens is 342 g/mol. The number of amides is 1. The van der Waals surface area contributed by atoms with Gasteiger partial charge in [-0.05, 0) is 49.4 Å². The molecule has 2 aromatic carbocycles. The van der Waals surface area contributed by atoms with Crippen molar-refractivity contribution in [3.63, 3.8) is 0 Å². The van der Waals surface area contributed by atoms with Crippen molar-refractivity contribution in [2.24, 2.45) is 0 Å². The van der Waals surface area contributed by atoms with E-state index in [-0.39, 0.29) is 5.91 Å². The van der Waals surface area contributed by atoms with E-state index >= 15 is 0 Å². The molecule has 0 spiro atoms. The molecule has 3 aromatic rings. The van der Waals surface area contributed by atoms with Gasteiger partial charge in [0.05, 0.1) is 11.8 Å². The monoisotopic (exact) mass is 359 g/mol. The molecule has 130 valence electrons.